The Morgan fingerprint density at radius 2 is 1.96 bits per heavy atom. The summed E-state index contributed by atoms with van der Waals surface area (Å²) in [5.41, 5.74) is 3.57. The molecule has 2 amide bonds. The van der Waals surface area contributed by atoms with Crippen molar-refractivity contribution in [1.82, 2.24) is 10.7 Å². The van der Waals surface area contributed by atoms with Crippen LogP contribution in [0.5, 0.6) is 11.5 Å². The SMILES string of the molecule is O=C1NCC(c2ccccc2)C1C(=O)NN=Cc1ccc(O)cc1O. The molecule has 2 unspecified atom stereocenters. The second kappa shape index (κ2) is 7.04. The number of rotatable bonds is 4. The number of carbonyl (C=O) groups is 2. The topological polar surface area (TPSA) is 111 Å². The van der Waals surface area contributed by atoms with Gasteiger partial charge in [-0.3, -0.25) is 9.59 Å². The summed E-state index contributed by atoms with van der Waals surface area (Å²) in [6.45, 7) is 0.392. The van der Waals surface area contributed by atoms with Gasteiger partial charge in [0, 0.05) is 24.1 Å². The van der Waals surface area contributed by atoms with Gasteiger partial charge in [0.25, 0.3) is 5.91 Å². The third kappa shape index (κ3) is 3.60. The lowest BCUT2D eigenvalue weighted by atomic mass is 9.88. The summed E-state index contributed by atoms with van der Waals surface area (Å²) < 4.78 is 0. The van der Waals surface area contributed by atoms with Crippen LogP contribution < -0.4 is 10.7 Å². The Hall–Kier alpha value is -3.35. The molecule has 4 N–H and O–H groups in total. The lowest BCUT2D eigenvalue weighted by Crippen LogP contribution is -2.34. The molecular weight excluding hydrogens is 322 g/mol. The van der Waals surface area contributed by atoms with Crippen molar-refractivity contribution in [3.05, 3.63) is 59.7 Å². The molecule has 0 saturated carbocycles. The predicted molar refractivity (Wildman–Crippen MR) is 91.2 cm³/mol. The molecule has 1 heterocycles. The molecule has 1 fully saturated rings. The average Bonchev–Trinajstić information content (AvgIpc) is 2.99. The van der Waals surface area contributed by atoms with E-state index in [9.17, 15) is 19.8 Å². The molecule has 25 heavy (non-hydrogen) atoms. The summed E-state index contributed by atoms with van der Waals surface area (Å²) in [6, 6.07) is 13.4. The highest BCUT2D eigenvalue weighted by molar-refractivity contribution is 6.03. The number of hydrogen-bond donors (Lipinski definition) is 4. The normalized spacial score (nSPS) is 19.8. The summed E-state index contributed by atoms with van der Waals surface area (Å²) in [6.07, 6.45) is 1.25. The Morgan fingerprint density at radius 1 is 1.20 bits per heavy atom. The van der Waals surface area contributed by atoms with Crippen molar-refractivity contribution in [2.24, 2.45) is 11.0 Å². The average molecular weight is 339 g/mol. The van der Waals surface area contributed by atoms with Gasteiger partial charge in [-0.25, -0.2) is 5.43 Å². The van der Waals surface area contributed by atoms with E-state index in [4.69, 9.17) is 0 Å². The molecule has 7 heteroatoms. The summed E-state index contributed by atoms with van der Waals surface area (Å²) in [5, 5.41) is 25.4. The van der Waals surface area contributed by atoms with Gasteiger partial charge in [-0.15, -0.1) is 0 Å². The fourth-order valence-electron chi connectivity index (χ4n) is 2.81. The first-order chi connectivity index (χ1) is 12.1. The number of benzene rings is 2. The highest BCUT2D eigenvalue weighted by Gasteiger charge is 2.40. The lowest BCUT2D eigenvalue weighted by molar-refractivity contribution is -0.133. The standard InChI is InChI=1S/C18H17N3O4/c22-13-7-6-12(15(23)8-13)9-20-21-18(25)16-14(10-19-17(16)24)11-4-2-1-3-5-11/h1-9,14,16,22-23H,10H2,(H,19,24)(H,21,25). The van der Waals surface area contributed by atoms with Crippen molar-refractivity contribution in [2.75, 3.05) is 6.54 Å². The van der Waals surface area contributed by atoms with Crippen LogP contribution in [0.2, 0.25) is 0 Å². The van der Waals surface area contributed by atoms with E-state index in [1.165, 1.54) is 24.4 Å². The van der Waals surface area contributed by atoms with Crippen LogP contribution in [-0.2, 0) is 9.59 Å². The molecule has 128 valence electrons. The second-order valence-corrected chi connectivity index (χ2v) is 5.72. The van der Waals surface area contributed by atoms with Crippen molar-refractivity contribution in [2.45, 2.75) is 5.92 Å². The fourth-order valence-corrected chi connectivity index (χ4v) is 2.81. The number of nitrogens with one attached hydrogen (secondary N) is 2. The van der Waals surface area contributed by atoms with Gasteiger partial charge < -0.3 is 15.5 Å². The summed E-state index contributed by atoms with van der Waals surface area (Å²) >= 11 is 0. The number of hydrazone groups is 1. The van der Waals surface area contributed by atoms with E-state index >= 15 is 0 Å². The third-order valence-corrected chi connectivity index (χ3v) is 4.08. The number of aromatic hydroxyl groups is 2. The number of hydrogen-bond acceptors (Lipinski definition) is 5. The zero-order valence-corrected chi connectivity index (χ0v) is 13.2. The zero-order valence-electron chi connectivity index (χ0n) is 13.2. The van der Waals surface area contributed by atoms with E-state index in [-0.39, 0.29) is 23.3 Å². The van der Waals surface area contributed by atoms with Crippen molar-refractivity contribution in [3.8, 4) is 11.5 Å². The van der Waals surface area contributed by atoms with Crippen LogP contribution >= 0.6 is 0 Å². The van der Waals surface area contributed by atoms with Crippen LogP contribution in [0.15, 0.2) is 53.6 Å². The molecule has 7 nitrogen and oxygen atoms in total. The first kappa shape index (κ1) is 16.5. The number of amides is 2. The molecule has 1 saturated heterocycles. The van der Waals surface area contributed by atoms with Crippen LogP contribution in [0, 0.1) is 5.92 Å². The maximum Gasteiger partial charge on any atom is 0.253 e. The summed E-state index contributed by atoms with van der Waals surface area (Å²) in [4.78, 5) is 24.4. The first-order valence-corrected chi connectivity index (χ1v) is 7.74. The van der Waals surface area contributed by atoms with Crippen molar-refractivity contribution < 1.29 is 19.8 Å². The van der Waals surface area contributed by atoms with Gasteiger partial charge in [-0.05, 0) is 17.7 Å². The van der Waals surface area contributed by atoms with Crippen molar-refractivity contribution in [3.63, 3.8) is 0 Å². The molecule has 0 spiro atoms. The highest BCUT2D eigenvalue weighted by atomic mass is 16.3. The van der Waals surface area contributed by atoms with Crippen LogP contribution in [0.25, 0.3) is 0 Å². The van der Waals surface area contributed by atoms with E-state index in [1.54, 1.807) is 0 Å². The van der Waals surface area contributed by atoms with Gasteiger partial charge in [0.15, 0.2) is 0 Å². The van der Waals surface area contributed by atoms with Gasteiger partial charge in [0.1, 0.15) is 17.4 Å². The number of carbonyl (C=O) groups excluding carboxylic acids is 2. The van der Waals surface area contributed by atoms with E-state index < -0.39 is 11.8 Å². The molecule has 1 aliphatic heterocycles. The van der Waals surface area contributed by atoms with Crippen LogP contribution in [-0.4, -0.2) is 34.8 Å². The lowest BCUT2D eigenvalue weighted by Gasteiger charge is -2.15. The molecule has 1 aliphatic rings. The molecule has 2 atom stereocenters. The largest absolute Gasteiger partial charge is 0.508 e. The minimum atomic E-state index is -0.868. The molecule has 2 aromatic carbocycles. The van der Waals surface area contributed by atoms with Gasteiger partial charge in [0.2, 0.25) is 5.91 Å². The van der Waals surface area contributed by atoms with Gasteiger partial charge in [-0.1, -0.05) is 30.3 Å². The van der Waals surface area contributed by atoms with Gasteiger partial charge in [-0.2, -0.15) is 5.10 Å². The summed E-state index contributed by atoms with van der Waals surface area (Å²) in [5.74, 6) is -2.22. The first-order valence-electron chi connectivity index (χ1n) is 7.74. The molecule has 0 aliphatic carbocycles. The van der Waals surface area contributed by atoms with Crippen molar-refractivity contribution >= 4 is 18.0 Å². The Balaban J connectivity index is 1.71. The molecule has 0 aromatic heterocycles. The van der Waals surface area contributed by atoms with Crippen LogP contribution in [0.1, 0.15) is 17.0 Å². The monoisotopic (exact) mass is 339 g/mol. The Labute approximate surface area is 144 Å². The molecular formula is C18H17N3O4. The minimum absolute atomic E-state index is 0.0768. The molecule has 3 rings (SSSR count). The zero-order chi connectivity index (χ0) is 17.8. The molecule has 0 radical (unpaired) electrons. The Morgan fingerprint density at radius 3 is 2.68 bits per heavy atom. The third-order valence-electron chi connectivity index (χ3n) is 4.08. The van der Waals surface area contributed by atoms with Crippen molar-refractivity contribution in [1.29, 1.82) is 0 Å². The van der Waals surface area contributed by atoms with Gasteiger partial charge >= 0.3 is 0 Å². The second-order valence-electron chi connectivity index (χ2n) is 5.72. The maximum absolute atomic E-state index is 12.4. The minimum Gasteiger partial charge on any atom is -0.508 e. The van der Waals surface area contributed by atoms with E-state index in [1.807, 2.05) is 30.3 Å². The number of nitrogens with zero attached hydrogens (tertiary/aromatic N) is 1. The quantitative estimate of drug-likeness (QED) is 0.379. The summed E-state index contributed by atoms with van der Waals surface area (Å²) in [7, 11) is 0. The highest BCUT2D eigenvalue weighted by Crippen LogP contribution is 2.29. The Kier molecular flexibility index (Phi) is 4.65. The Bertz CT molecular complexity index is 820. The predicted octanol–water partition coefficient (Wildman–Crippen LogP) is 1.08. The van der Waals surface area contributed by atoms with Crippen LogP contribution in [0.3, 0.4) is 0 Å². The van der Waals surface area contributed by atoms with Crippen LogP contribution in [0.4, 0.5) is 0 Å². The maximum atomic E-state index is 12.4. The van der Waals surface area contributed by atoms with Gasteiger partial charge in [0.05, 0.1) is 6.21 Å². The number of phenols is 2. The van der Waals surface area contributed by atoms with E-state index in [0.29, 0.717) is 12.1 Å². The fraction of sp³-hybridized carbons (Fsp3) is 0.167. The smallest absolute Gasteiger partial charge is 0.253 e. The van der Waals surface area contributed by atoms with E-state index in [2.05, 4.69) is 15.8 Å². The molecule has 0 bridgehead atoms. The van der Waals surface area contributed by atoms with E-state index in [0.717, 1.165) is 5.56 Å². The number of phenolic OH excluding ortho intramolecular Hbond substituents is 2. The molecule has 2 aromatic rings.